The van der Waals surface area contributed by atoms with Crippen LogP contribution in [0.2, 0.25) is 0 Å². The molecule has 0 bridgehead atoms. The van der Waals surface area contributed by atoms with Crippen LogP contribution in [-0.4, -0.2) is 42.6 Å². The van der Waals surface area contributed by atoms with E-state index in [2.05, 4.69) is 43.4 Å². The van der Waals surface area contributed by atoms with Crippen LogP contribution >= 0.6 is 0 Å². The molecule has 4 heteroatoms. The van der Waals surface area contributed by atoms with E-state index in [-0.39, 0.29) is 18.6 Å². The van der Waals surface area contributed by atoms with Crippen LogP contribution in [0.4, 0.5) is 5.69 Å². The third kappa shape index (κ3) is 5.54. The Kier molecular flexibility index (Phi) is 6.46. The number of rotatable bonds is 6. The number of piperidine rings is 1. The summed E-state index contributed by atoms with van der Waals surface area (Å²) in [6.45, 7) is 10.1. The van der Waals surface area contributed by atoms with E-state index < -0.39 is 0 Å². The van der Waals surface area contributed by atoms with Gasteiger partial charge in [-0.1, -0.05) is 26.0 Å². The molecule has 0 radical (unpaired) electrons. The predicted octanol–water partition coefficient (Wildman–Crippen LogP) is 3.64. The highest BCUT2D eigenvalue weighted by Gasteiger charge is 2.23. The monoisotopic (exact) mass is 318 g/mol. The van der Waals surface area contributed by atoms with Gasteiger partial charge in [0.05, 0.1) is 6.10 Å². The molecule has 1 aliphatic heterocycles. The molecule has 4 nitrogen and oxygen atoms in total. The van der Waals surface area contributed by atoms with Gasteiger partial charge in [-0.3, -0.25) is 4.79 Å². The molecule has 1 N–H and O–H groups in total. The number of carbonyl (C=O) groups excluding carboxylic acids is 1. The molecule has 0 unspecified atom stereocenters. The number of hydrogen-bond donors (Lipinski definition) is 1. The number of nitrogens with one attached hydrogen (secondary N) is 1. The molecule has 0 saturated carbocycles. The van der Waals surface area contributed by atoms with Gasteiger partial charge in [-0.2, -0.15) is 0 Å². The fourth-order valence-corrected chi connectivity index (χ4v) is 2.85. The number of anilines is 1. The minimum Gasteiger partial charge on any atom is -0.381 e. The van der Waals surface area contributed by atoms with Gasteiger partial charge in [-0.25, -0.2) is 0 Å². The van der Waals surface area contributed by atoms with Gasteiger partial charge in [-0.15, -0.1) is 0 Å². The Hall–Kier alpha value is -1.55. The third-order valence-electron chi connectivity index (χ3n) is 4.26. The van der Waals surface area contributed by atoms with E-state index in [1.165, 1.54) is 5.56 Å². The van der Waals surface area contributed by atoms with E-state index in [1.54, 1.807) is 0 Å². The van der Waals surface area contributed by atoms with Gasteiger partial charge in [0.2, 0.25) is 5.91 Å². The smallest absolute Gasteiger partial charge is 0.248 e. The van der Waals surface area contributed by atoms with Crippen molar-refractivity contribution in [3.8, 4) is 0 Å². The normalized spacial score (nSPS) is 18.5. The van der Waals surface area contributed by atoms with E-state index in [0.717, 1.165) is 31.6 Å². The molecule has 0 spiro atoms. The van der Waals surface area contributed by atoms with Crippen LogP contribution in [-0.2, 0) is 9.53 Å². The lowest BCUT2D eigenvalue weighted by molar-refractivity contribution is -0.138. The lowest BCUT2D eigenvalue weighted by Gasteiger charge is -2.34. The number of likely N-dealkylation sites (tertiary alicyclic amines) is 1. The first-order chi connectivity index (χ1) is 11.0. The summed E-state index contributed by atoms with van der Waals surface area (Å²) in [5.74, 6) is 0.646. The van der Waals surface area contributed by atoms with E-state index >= 15 is 0 Å². The number of benzene rings is 1. The summed E-state index contributed by atoms with van der Waals surface area (Å²) in [5, 5.41) is 3.56. The van der Waals surface area contributed by atoms with Gasteiger partial charge >= 0.3 is 0 Å². The molecule has 1 atom stereocenters. The maximum Gasteiger partial charge on any atom is 0.248 e. The first-order valence-corrected chi connectivity index (χ1v) is 8.71. The highest BCUT2D eigenvalue weighted by atomic mass is 16.5. The predicted molar refractivity (Wildman–Crippen MR) is 94.8 cm³/mol. The summed E-state index contributed by atoms with van der Waals surface area (Å²) in [5.41, 5.74) is 2.48. The topological polar surface area (TPSA) is 41.6 Å². The quantitative estimate of drug-likeness (QED) is 0.870. The van der Waals surface area contributed by atoms with Crippen LogP contribution in [0.1, 0.15) is 52.0 Å². The van der Waals surface area contributed by atoms with Crippen molar-refractivity contribution < 1.29 is 9.53 Å². The Bertz CT molecular complexity index is 497. The van der Waals surface area contributed by atoms with Crippen LogP contribution in [0.3, 0.4) is 0 Å². The number of amides is 1. The molecule has 1 aromatic rings. The number of hydrogen-bond acceptors (Lipinski definition) is 3. The zero-order valence-corrected chi connectivity index (χ0v) is 14.8. The fraction of sp³-hybridized carbons (Fsp3) is 0.632. The van der Waals surface area contributed by atoms with Crippen LogP contribution in [0.15, 0.2) is 24.3 Å². The molecule has 1 amide bonds. The lowest BCUT2D eigenvalue weighted by atomic mass is 10.0. The molecule has 1 fully saturated rings. The standard InChI is InChI=1S/C19H30N2O2/c1-14(2)16-7-9-17(10-8-16)20-18-6-5-11-21(12-18)19(22)13-23-15(3)4/h7-10,14-15,18,20H,5-6,11-13H2,1-4H3/t18-/m1/s1. The molecule has 1 aromatic carbocycles. The van der Waals surface area contributed by atoms with Crippen molar-refractivity contribution in [3.63, 3.8) is 0 Å². The zero-order valence-electron chi connectivity index (χ0n) is 14.8. The molecule has 128 valence electrons. The maximum absolute atomic E-state index is 12.2. The molecule has 1 aliphatic rings. The summed E-state index contributed by atoms with van der Waals surface area (Å²) >= 11 is 0. The minimum absolute atomic E-state index is 0.0946. The largest absolute Gasteiger partial charge is 0.381 e. The first kappa shape index (κ1) is 17.8. The zero-order chi connectivity index (χ0) is 16.8. The van der Waals surface area contributed by atoms with E-state index in [4.69, 9.17) is 4.74 Å². The Morgan fingerprint density at radius 1 is 1.26 bits per heavy atom. The Morgan fingerprint density at radius 3 is 2.57 bits per heavy atom. The number of carbonyl (C=O) groups is 1. The molecule has 1 saturated heterocycles. The van der Waals surface area contributed by atoms with Crippen molar-refractivity contribution in [2.45, 2.75) is 58.6 Å². The Balaban J connectivity index is 1.87. The van der Waals surface area contributed by atoms with E-state index in [1.807, 2.05) is 18.7 Å². The van der Waals surface area contributed by atoms with Gasteiger partial charge in [0, 0.05) is 24.8 Å². The van der Waals surface area contributed by atoms with Gasteiger partial charge in [0.15, 0.2) is 0 Å². The summed E-state index contributed by atoms with van der Waals surface area (Å²) in [7, 11) is 0. The van der Waals surface area contributed by atoms with Crippen LogP contribution in [0.5, 0.6) is 0 Å². The van der Waals surface area contributed by atoms with Crippen molar-refractivity contribution in [3.05, 3.63) is 29.8 Å². The molecule has 0 aromatic heterocycles. The lowest BCUT2D eigenvalue weighted by Crippen LogP contribution is -2.46. The van der Waals surface area contributed by atoms with Crippen molar-refractivity contribution in [1.82, 2.24) is 4.90 Å². The number of nitrogens with zero attached hydrogens (tertiary/aromatic N) is 1. The first-order valence-electron chi connectivity index (χ1n) is 8.71. The average molecular weight is 318 g/mol. The SMILES string of the molecule is CC(C)OCC(=O)N1CCC[C@@H](Nc2ccc(C(C)C)cc2)C1. The van der Waals surface area contributed by atoms with Crippen LogP contribution in [0.25, 0.3) is 0 Å². The van der Waals surface area contributed by atoms with Crippen molar-refractivity contribution >= 4 is 11.6 Å². The van der Waals surface area contributed by atoms with Gasteiger partial charge < -0.3 is 15.0 Å². The van der Waals surface area contributed by atoms with Gasteiger partial charge in [-0.05, 0) is 50.3 Å². The summed E-state index contributed by atoms with van der Waals surface area (Å²) in [6, 6.07) is 8.94. The van der Waals surface area contributed by atoms with Crippen molar-refractivity contribution in [1.29, 1.82) is 0 Å². The van der Waals surface area contributed by atoms with Gasteiger partial charge in [0.1, 0.15) is 6.61 Å². The van der Waals surface area contributed by atoms with Crippen molar-refractivity contribution in [2.24, 2.45) is 0 Å². The molecular weight excluding hydrogens is 288 g/mol. The summed E-state index contributed by atoms with van der Waals surface area (Å²) < 4.78 is 5.43. The van der Waals surface area contributed by atoms with Gasteiger partial charge in [0.25, 0.3) is 0 Å². The highest BCUT2D eigenvalue weighted by Crippen LogP contribution is 2.20. The van der Waals surface area contributed by atoms with E-state index in [9.17, 15) is 4.79 Å². The fourth-order valence-electron chi connectivity index (χ4n) is 2.85. The minimum atomic E-state index is 0.0946. The second-order valence-corrected chi connectivity index (χ2v) is 6.96. The Morgan fingerprint density at radius 2 is 1.96 bits per heavy atom. The van der Waals surface area contributed by atoms with Crippen LogP contribution < -0.4 is 5.32 Å². The molecule has 1 heterocycles. The third-order valence-corrected chi connectivity index (χ3v) is 4.26. The maximum atomic E-state index is 12.2. The summed E-state index contributed by atoms with van der Waals surface area (Å²) in [4.78, 5) is 14.1. The second kappa shape index (κ2) is 8.34. The van der Waals surface area contributed by atoms with Crippen LogP contribution in [0, 0.1) is 0 Å². The van der Waals surface area contributed by atoms with E-state index in [0.29, 0.717) is 12.0 Å². The number of ether oxygens (including phenoxy) is 1. The molecular formula is C19H30N2O2. The molecule has 0 aliphatic carbocycles. The molecule has 2 rings (SSSR count). The second-order valence-electron chi connectivity index (χ2n) is 6.96. The Labute approximate surface area is 140 Å². The molecule has 23 heavy (non-hydrogen) atoms. The average Bonchev–Trinajstić information content (AvgIpc) is 2.53. The van der Waals surface area contributed by atoms with Crippen molar-refractivity contribution in [2.75, 3.05) is 25.0 Å². The summed E-state index contributed by atoms with van der Waals surface area (Å²) in [6.07, 6.45) is 2.23. The highest BCUT2D eigenvalue weighted by molar-refractivity contribution is 5.77.